The Balaban J connectivity index is 1.79. The predicted octanol–water partition coefficient (Wildman–Crippen LogP) is 6.20. The van der Waals surface area contributed by atoms with Gasteiger partial charge >= 0.3 is 0 Å². The molecule has 5 rings (SSSR count). The van der Waals surface area contributed by atoms with Gasteiger partial charge in [-0.15, -0.1) is 0 Å². The first kappa shape index (κ1) is 26.1. The number of carbonyl (C=O) groups excluding carboxylic acids is 2. The summed E-state index contributed by atoms with van der Waals surface area (Å²) >= 11 is 0. The molecule has 0 amide bonds. The van der Waals surface area contributed by atoms with Crippen LogP contribution in [-0.2, 0) is 4.74 Å². The van der Waals surface area contributed by atoms with E-state index in [4.69, 9.17) is 14.7 Å². The average Bonchev–Trinajstić information content (AvgIpc) is 2.99. The molecule has 1 aliphatic carbocycles. The molecule has 0 radical (unpaired) electrons. The summed E-state index contributed by atoms with van der Waals surface area (Å²) in [5, 5.41) is 24.4. The fourth-order valence-corrected chi connectivity index (χ4v) is 4.39. The molecule has 4 aromatic rings. The Morgan fingerprint density at radius 1 is 0.750 bits per heavy atom. The van der Waals surface area contributed by atoms with E-state index in [0.717, 1.165) is 0 Å². The summed E-state index contributed by atoms with van der Waals surface area (Å²) in [5.41, 5.74) is 1.14. The third-order valence-corrected chi connectivity index (χ3v) is 6.45. The monoisotopic (exact) mass is 532 g/mol. The molecule has 2 N–H and O–H groups in total. The van der Waals surface area contributed by atoms with Crippen LogP contribution in [0.1, 0.15) is 49.9 Å². The number of halogens is 1. The Kier molecular flexibility index (Phi) is 6.98. The van der Waals surface area contributed by atoms with Gasteiger partial charge in [0.15, 0.2) is 29.4 Å². The quantitative estimate of drug-likeness (QED) is 0.237. The molecule has 1 aliphatic rings. The van der Waals surface area contributed by atoms with E-state index in [1.807, 2.05) is 12.1 Å². The third-order valence-electron chi connectivity index (χ3n) is 6.45. The standard InChI is InChI=1S/C31H21FN4O4/c1-17(39-2)40-31-25-24(29(37)22-5-3-4-6-23(22)30(25)38)26(32)27(35-20-11-7-18(15-33)8-12-20)28(31)36-21-13-9-19(16-34)10-14-21/h3-14,17,35-36H,1-2H3. The number of carbonyl (C=O) groups is 2. The summed E-state index contributed by atoms with van der Waals surface area (Å²) in [4.78, 5) is 27.4. The number of anilines is 4. The number of benzene rings is 4. The molecule has 9 heteroatoms. The summed E-state index contributed by atoms with van der Waals surface area (Å²) in [6, 6.07) is 23.0. The van der Waals surface area contributed by atoms with Crippen LogP contribution < -0.4 is 15.4 Å². The van der Waals surface area contributed by atoms with Gasteiger partial charge in [-0.25, -0.2) is 4.39 Å². The highest BCUT2D eigenvalue weighted by molar-refractivity contribution is 6.30. The largest absolute Gasteiger partial charge is 0.462 e. The van der Waals surface area contributed by atoms with Gasteiger partial charge in [-0.05, 0) is 55.5 Å². The zero-order valence-electron chi connectivity index (χ0n) is 21.4. The minimum atomic E-state index is -0.958. The summed E-state index contributed by atoms with van der Waals surface area (Å²) in [6.45, 7) is 1.60. The van der Waals surface area contributed by atoms with E-state index >= 15 is 4.39 Å². The fourth-order valence-electron chi connectivity index (χ4n) is 4.39. The van der Waals surface area contributed by atoms with Crippen LogP contribution in [0.4, 0.5) is 27.1 Å². The van der Waals surface area contributed by atoms with Crippen LogP contribution >= 0.6 is 0 Å². The minimum absolute atomic E-state index is 0.0368. The predicted molar refractivity (Wildman–Crippen MR) is 146 cm³/mol. The molecule has 0 spiro atoms. The topological polar surface area (TPSA) is 124 Å². The Morgan fingerprint density at radius 3 is 1.70 bits per heavy atom. The number of nitrogens with one attached hydrogen (secondary N) is 2. The van der Waals surface area contributed by atoms with Crippen LogP contribution in [0, 0.1) is 28.5 Å². The van der Waals surface area contributed by atoms with Crippen LogP contribution in [0.2, 0.25) is 0 Å². The van der Waals surface area contributed by atoms with Crippen molar-refractivity contribution in [1.82, 2.24) is 0 Å². The van der Waals surface area contributed by atoms with Crippen molar-refractivity contribution in [3.63, 3.8) is 0 Å². The van der Waals surface area contributed by atoms with Gasteiger partial charge < -0.3 is 20.1 Å². The van der Waals surface area contributed by atoms with Gasteiger partial charge in [-0.1, -0.05) is 24.3 Å². The smallest absolute Gasteiger partial charge is 0.198 e. The van der Waals surface area contributed by atoms with Gasteiger partial charge in [0.2, 0.25) is 0 Å². The molecule has 4 aromatic carbocycles. The minimum Gasteiger partial charge on any atom is -0.462 e. The lowest BCUT2D eigenvalue weighted by Gasteiger charge is -2.27. The van der Waals surface area contributed by atoms with E-state index in [1.54, 1.807) is 67.6 Å². The van der Waals surface area contributed by atoms with E-state index in [2.05, 4.69) is 10.6 Å². The Hall–Kier alpha value is -5.51. The van der Waals surface area contributed by atoms with E-state index in [9.17, 15) is 14.9 Å². The highest BCUT2D eigenvalue weighted by Crippen LogP contribution is 2.47. The summed E-state index contributed by atoms with van der Waals surface area (Å²) < 4.78 is 27.9. The van der Waals surface area contributed by atoms with Gasteiger partial charge in [-0.2, -0.15) is 10.5 Å². The maximum Gasteiger partial charge on any atom is 0.198 e. The van der Waals surface area contributed by atoms with Crippen molar-refractivity contribution in [2.45, 2.75) is 13.2 Å². The molecule has 0 bridgehead atoms. The average molecular weight is 533 g/mol. The van der Waals surface area contributed by atoms with E-state index in [1.165, 1.54) is 19.2 Å². The van der Waals surface area contributed by atoms with Gasteiger partial charge in [0.05, 0.1) is 34.4 Å². The number of hydrogen-bond acceptors (Lipinski definition) is 8. The molecule has 1 atom stereocenters. The third kappa shape index (κ3) is 4.62. The number of nitrogens with zero attached hydrogens (tertiary/aromatic N) is 2. The van der Waals surface area contributed by atoms with Crippen LogP contribution in [-0.4, -0.2) is 25.0 Å². The molecule has 0 aliphatic heterocycles. The zero-order chi connectivity index (χ0) is 28.4. The number of hydrogen-bond donors (Lipinski definition) is 2. The zero-order valence-corrected chi connectivity index (χ0v) is 21.4. The highest BCUT2D eigenvalue weighted by atomic mass is 19.1. The molecule has 1 unspecified atom stereocenters. The van der Waals surface area contributed by atoms with Crippen LogP contribution in [0.5, 0.6) is 5.75 Å². The van der Waals surface area contributed by atoms with Gasteiger partial charge in [-0.3, -0.25) is 9.59 Å². The molecule has 0 heterocycles. The SMILES string of the molecule is COC(C)Oc1c(Nc2ccc(C#N)cc2)c(Nc2ccc(C#N)cc2)c(F)c2c1C(=O)c1ccccc1C2=O. The molecule has 40 heavy (non-hydrogen) atoms. The maximum absolute atomic E-state index is 16.5. The van der Waals surface area contributed by atoms with Gasteiger partial charge in [0, 0.05) is 29.6 Å². The lowest BCUT2D eigenvalue weighted by molar-refractivity contribution is -0.0381. The lowest BCUT2D eigenvalue weighted by Crippen LogP contribution is -2.26. The first-order valence-electron chi connectivity index (χ1n) is 12.2. The van der Waals surface area contributed by atoms with E-state index < -0.39 is 29.2 Å². The normalized spacial score (nSPS) is 12.4. The number of ether oxygens (including phenoxy) is 2. The second kappa shape index (κ2) is 10.7. The molecule has 0 aromatic heterocycles. The van der Waals surface area contributed by atoms with Crippen molar-refractivity contribution in [3.8, 4) is 17.9 Å². The molecule has 196 valence electrons. The Morgan fingerprint density at radius 2 is 1.23 bits per heavy atom. The van der Waals surface area contributed by atoms with Crippen LogP contribution in [0.25, 0.3) is 0 Å². The molecule has 0 saturated carbocycles. The number of nitriles is 2. The lowest BCUT2D eigenvalue weighted by atomic mass is 9.82. The first-order valence-corrected chi connectivity index (χ1v) is 12.2. The number of ketones is 2. The van der Waals surface area contributed by atoms with E-state index in [-0.39, 0.29) is 33.8 Å². The van der Waals surface area contributed by atoms with Gasteiger partial charge in [0.1, 0.15) is 11.4 Å². The summed E-state index contributed by atoms with van der Waals surface area (Å²) in [7, 11) is 1.41. The highest BCUT2D eigenvalue weighted by Gasteiger charge is 2.39. The summed E-state index contributed by atoms with van der Waals surface area (Å²) in [6.07, 6.45) is -0.876. The van der Waals surface area contributed by atoms with Crippen molar-refractivity contribution in [3.05, 3.63) is 112 Å². The van der Waals surface area contributed by atoms with Crippen molar-refractivity contribution >= 4 is 34.3 Å². The van der Waals surface area contributed by atoms with Crippen LogP contribution in [0.3, 0.4) is 0 Å². The van der Waals surface area contributed by atoms with Crippen molar-refractivity contribution in [1.29, 1.82) is 10.5 Å². The number of methoxy groups -OCH3 is 1. The Bertz CT molecular complexity index is 1740. The molecule has 8 nitrogen and oxygen atoms in total. The maximum atomic E-state index is 16.5. The molecular formula is C31H21FN4O4. The van der Waals surface area contributed by atoms with E-state index in [0.29, 0.717) is 22.5 Å². The number of rotatable bonds is 7. The molecular weight excluding hydrogens is 511 g/mol. The molecule has 0 saturated heterocycles. The Labute approximate surface area is 229 Å². The first-order chi connectivity index (χ1) is 19.4. The van der Waals surface area contributed by atoms with Crippen LogP contribution in [0.15, 0.2) is 72.8 Å². The number of fused-ring (bicyclic) bond motifs is 2. The second-order valence-electron chi connectivity index (χ2n) is 8.90. The van der Waals surface area contributed by atoms with Crippen molar-refractivity contribution in [2.75, 3.05) is 17.7 Å². The molecule has 0 fully saturated rings. The second-order valence-corrected chi connectivity index (χ2v) is 8.90. The van der Waals surface area contributed by atoms with Gasteiger partial charge in [0.25, 0.3) is 0 Å². The summed E-state index contributed by atoms with van der Waals surface area (Å²) in [5.74, 6) is -2.28. The fraction of sp³-hybridized carbons (Fsp3) is 0.0968. The van der Waals surface area contributed by atoms with Crippen molar-refractivity contribution in [2.24, 2.45) is 0 Å². The van der Waals surface area contributed by atoms with Crippen molar-refractivity contribution < 1.29 is 23.5 Å².